The van der Waals surface area contributed by atoms with E-state index in [1.165, 1.54) is 6.42 Å². The lowest BCUT2D eigenvalue weighted by molar-refractivity contribution is -0.139. The molecule has 5 heteroatoms. The van der Waals surface area contributed by atoms with Gasteiger partial charge in [0.05, 0.1) is 12.7 Å². The van der Waals surface area contributed by atoms with Crippen molar-refractivity contribution in [3.8, 4) is 0 Å². The van der Waals surface area contributed by atoms with Crippen molar-refractivity contribution in [1.82, 2.24) is 9.80 Å². The first-order chi connectivity index (χ1) is 12.5. The van der Waals surface area contributed by atoms with Gasteiger partial charge in [0.25, 0.3) is 5.91 Å². The fraction of sp³-hybridized carbons (Fsp3) is 0.619. The third-order valence-electron chi connectivity index (χ3n) is 5.29. The summed E-state index contributed by atoms with van der Waals surface area (Å²) < 4.78 is 5.82. The Morgan fingerprint density at radius 3 is 2.88 bits per heavy atom. The smallest absolute Gasteiger partial charge is 0.254 e. The van der Waals surface area contributed by atoms with Crippen molar-refractivity contribution in [3.05, 3.63) is 35.4 Å². The first-order valence-electron chi connectivity index (χ1n) is 9.81. The quantitative estimate of drug-likeness (QED) is 0.753. The largest absolute Gasteiger partial charge is 0.375 e. The molecule has 3 rings (SSSR count). The van der Waals surface area contributed by atoms with E-state index in [1.807, 2.05) is 29.2 Å². The minimum absolute atomic E-state index is 0.0435. The monoisotopic (exact) mass is 358 g/mol. The summed E-state index contributed by atoms with van der Waals surface area (Å²) in [5, 5.41) is 0. The highest BCUT2D eigenvalue weighted by molar-refractivity contribution is 5.98. The number of benzene rings is 1. The maximum absolute atomic E-state index is 12.6. The molecular weight excluding hydrogens is 328 g/mol. The van der Waals surface area contributed by atoms with Crippen molar-refractivity contribution in [2.75, 3.05) is 26.2 Å². The molecule has 0 saturated carbocycles. The van der Waals surface area contributed by atoms with E-state index in [4.69, 9.17) is 4.74 Å². The minimum atomic E-state index is 0.0435. The standard InChI is InChI=1S/C21H30N2O3/c1-16(2)6-5-8-18-15-22(12-13-26-18)20(24)10-11-23-14-17-7-3-4-9-19(17)21(23)25/h3-4,7,9,16,18H,5-6,8,10-15H2,1-2H3/t18-/m0/s1. The number of carbonyl (C=O) groups is 2. The molecule has 2 heterocycles. The zero-order valence-electron chi connectivity index (χ0n) is 15.9. The summed E-state index contributed by atoms with van der Waals surface area (Å²) >= 11 is 0. The van der Waals surface area contributed by atoms with E-state index in [0.29, 0.717) is 45.1 Å². The molecule has 0 aliphatic carbocycles. The second kappa shape index (κ2) is 8.67. The van der Waals surface area contributed by atoms with E-state index in [0.717, 1.165) is 24.0 Å². The normalized spacial score (nSPS) is 20.0. The van der Waals surface area contributed by atoms with Crippen LogP contribution in [0.4, 0.5) is 0 Å². The maximum Gasteiger partial charge on any atom is 0.254 e. The van der Waals surface area contributed by atoms with Crippen molar-refractivity contribution in [2.24, 2.45) is 5.92 Å². The number of fused-ring (bicyclic) bond motifs is 1. The Bertz CT molecular complexity index is 644. The number of morpholine rings is 1. The molecule has 2 aliphatic heterocycles. The van der Waals surface area contributed by atoms with Gasteiger partial charge >= 0.3 is 0 Å². The summed E-state index contributed by atoms with van der Waals surface area (Å²) in [7, 11) is 0. The Morgan fingerprint density at radius 1 is 1.31 bits per heavy atom. The number of carbonyl (C=O) groups excluding carboxylic acids is 2. The average Bonchev–Trinajstić information content (AvgIpc) is 2.96. The van der Waals surface area contributed by atoms with Crippen LogP contribution in [0, 0.1) is 5.92 Å². The van der Waals surface area contributed by atoms with Gasteiger partial charge in [0.15, 0.2) is 0 Å². The SMILES string of the molecule is CC(C)CCC[C@H]1CN(C(=O)CCN2Cc3ccccc3C2=O)CCO1. The lowest BCUT2D eigenvalue weighted by atomic mass is 10.0. The first-order valence-corrected chi connectivity index (χ1v) is 9.81. The van der Waals surface area contributed by atoms with E-state index in [-0.39, 0.29) is 17.9 Å². The average molecular weight is 358 g/mol. The summed E-state index contributed by atoms with van der Waals surface area (Å²) in [6.45, 7) is 7.53. The molecule has 142 valence electrons. The summed E-state index contributed by atoms with van der Waals surface area (Å²) in [6.07, 6.45) is 3.90. The van der Waals surface area contributed by atoms with Crippen LogP contribution in [0.3, 0.4) is 0 Å². The lowest BCUT2D eigenvalue weighted by Crippen LogP contribution is -2.46. The fourth-order valence-electron chi connectivity index (χ4n) is 3.76. The Hall–Kier alpha value is -1.88. The van der Waals surface area contributed by atoms with E-state index in [2.05, 4.69) is 13.8 Å². The van der Waals surface area contributed by atoms with E-state index in [9.17, 15) is 9.59 Å². The zero-order chi connectivity index (χ0) is 18.5. The highest BCUT2D eigenvalue weighted by atomic mass is 16.5. The van der Waals surface area contributed by atoms with Gasteiger partial charge < -0.3 is 14.5 Å². The number of rotatable bonds is 7. The zero-order valence-corrected chi connectivity index (χ0v) is 15.9. The number of hydrogen-bond acceptors (Lipinski definition) is 3. The van der Waals surface area contributed by atoms with Gasteiger partial charge in [0, 0.05) is 38.2 Å². The molecule has 1 fully saturated rings. The van der Waals surface area contributed by atoms with Crippen LogP contribution in [-0.4, -0.2) is 54.0 Å². The van der Waals surface area contributed by atoms with E-state index in [1.54, 1.807) is 4.90 Å². The summed E-state index contributed by atoms with van der Waals surface area (Å²) in [5.74, 6) is 0.881. The van der Waals surface area contributed by atoms with Crippen LogP contribution in [0.5, 0.6) is 0 Å². The van der Waals surface area contributed by atoms with Gasteiger partial charge in [0.2, 0.25) is 5.91 Å². The highest BCUT2D eigenvalue weighted by Gasteiger charge is 2.28. The first kappa shape index (κ1) is 18.9. The molecule has 0 spiro atoms. The predicted molar refractivity (Wildman–Crippen MR) is 101 cm³/mol. The van der Waals surface area contributed by atoms with Crippen LogP contribution in [0.25, 0.3) is 0 Å². The van der Waals surface area contributed by atoms with E-state index < -0.39 is 0 Å². The number of hydrogen-bond donors (Lipinski definition) is 0. The predicted octanol–water partition coefficient (Wildman–Crippen LogP) is 3.09. The molecule has 0 N–H and O–H groups in total. The van der Waals surface area contributed by atoms with Crippen molar-refractivity contribution < 1.29 is 14.3 Å². The van der Waals surface area contributed by atoms with E-state index >= 15 is 0 Å². The third-order valence-corrected chi connectivity index (χ3v) is 5.29. The molecule has 0 bridgehead atoms. The Morgan fingerprint density at radius 2 is 2.12 bits per heavy atom. The Labute approximate surface area is 156 Å². The second-order valence-corrected chi connectivity index (χ2v) is 7.79. The van der Waals surface area contributed by atoms with Crippen molar-refractivity contribution in [2.45, 2.75) is 52.2 Å². The molecule has 0 aromatic heterocycles. The van der Waals surface area contributed by atoms with Gasteiger partial charge in [-0.25, -0.2) is 0 Å². The summed E-state index contributed by atoms with van der Waals surface area (Å²) in [6, 6.07) is 7.69. The lowest BCUT2D eigenvalue weighted by Gasteiger charge is -2.33. The van der Waals surface area contributed by atoms with Gasteiger partial charge in [-0.3, -0.25) is 9.59 Å². The van der Waals surface area contributed by atoms with Crippen molar-refractivity contribution in [1.29, 1.82) is 0 Å². The second-order valence-electron chi connectivity index (χ2n) is 7.79. The molecular formula is C21H30N2O3. The topological polar surface area (TPSA) is 49.9 Å². The van der Waals surface area contributed by atoms with Crippen LogP contribution in [0.1, 0.15) is 55.5 Å². The molecule has 1 saturated heterocycles. The van der Waals surface area contributed by atoms with Crippen LogP contribution >= 0.6 is 0 Å². The summed E-state index contributed by atoms with van der Waals surface area (Å²) in [5.41, 5.74) is 1.83. The molecule has 1 aromatic carbocycles. The number of nitrogens with zero attached hydrogens (tertiary/aromatic N) is 2. The van der Waals surface area contributed by atoms with Crippen LogP contribution < -0.4 is 0 Å². The Kier molecular flexibility index (Phi) is 6.30. The van der Waals surface area contributed by atoms with Gasteiger partial charge in [-0.1, -0.05) is 44.9 Å². The number of amides is 2. The minimum Gasteiger partial charge on any atom is -0.375 e. The summed E-state index contributed by atoms with van der Waals surface area (Å²) in [4.78, 5) is 28.7. The number of ether oxygens (including phenoxy) is 1. The molecule has 1 aromatic rings. The molecule has 0 radical (unpaired) electrons. The molecule has 5 nitrogen and oxygen atoms in total. The van der Waals surface area contributed by atoms with Crippen molar-refractivity contribution in [3.63, 3.8) is 0 Å². The fourth-order valence-corrected chi connectivity index (χ4v) is 3.76. The molecule has 0 unspecified atom stereocenters. The molecule has 2 amide bonds. The van der Waals surface area contributed by atoms with Gasteiger partial charge in [0.1, 0.15) is 0 Å². The van der Waals surface area contributed by atoms with Crippen LogP contribution in [0.15, 0.2) is 24.3 Å². The third kappa shape index (κ3) is 4.64. The maximum atomic E-state index is 12.6. The molecule has 26 heavy (non-hydrogen) atoms. The van der Waals surface area contributed by atoms with Gasteiger partial charge in [-0.05, 0) is 24.0 Å². The highest BCUT2D eigenvalue weighted by Crippen LogP contribution is 2.22. The van der Waals surface area contributed by atoms with Crippen LogP contribution in [-0.2, 0) is 16.1 Å². The Balaban J connectivity index is 1.44. The molecule has 2 aliphatic rings. The molecule has 1 atom stereocenters. The van der Waals surface area contributed by atoms with Gasteiger partial charge in [-0.2, -0.15) is 0 Å². The van der Waals surface area contributed by atoms with Crippen LogP contribution in [0.2, 0.25) is 0 Å². The van der Waals surface area contributed by atoms with Gasteiger partial charge in [-0.15, -0.1) is 0 Å². The van der Waals surface area contributed by atoms with Crippen molar-refractivity contribution >= 4 is 11.8 Å².